The van der Waals surface area contributed by atoms with Gasteiger partial charge in [0.15, 0.2) is 22.7 Å². The van der Waals surface area contributed by atoms with Gasteiger partial charge in [0.25, 0.3) is 0 Å². The smallest absolute Gasteiger partial charge is 0.488 e. The van der Waals surface area contributed by atoms with Crippen LogP contribution in [0.4, 0.5) is 0 Å². The van der Waals surface area contributed by atoms with Crippen molar-refractivity contribution in [2.75, 3.05) is 19.9 Å². The monoisotopic (exact) mass is 646 g/mol. The Hall–Kier alpha value is 0.404. The largest absolute Gasteiger partial charge is 0.566 e. The van der Waals surface area contributed by atoms with Crippen LogP contribution in [0.5, 0.6) is 0 Å². The molecule has 0 amide bonds. The lowest BCUT2D eigenvalue weighted by Gasteiger charge is -2.40. The zero-order valence-corrected chi connectivity index (χ0v) is 30.2. The average molecular weight is 647 g/mol. The van der Waals surface area contributed by atoms with Gasteiger partial charge in [0.2, 0.25) is 0 Å². The molecule has 0 aromatic rings. The first-order valence-corrected chi connectivity index (χ1v) is 22.8. The van der Waals surface area contributed by atoms with E-state index in [-0.39, 0.29) is 23.3 Å². The van der Waals surface area contributed by atoms with Gasteiger partial charge in [-0.2, -0.15) is 0 Å². The Morgan fingerprint density at radius 3 is 1.68 bits per heavy atom. The van der Waals surface area contributed by atoms with Gasteiger partial charge in [0.05, 0.1) is 25.4 Å². The van der Waals surface area contributed by atoms with Crippen LogP contribution in [0.3, 0.4) is 0 Å². The minimum absolute atomic E-state index is 0.0853. The number of aliphatic hydroxyl groups is 1. The molecule has 2 rings (SSSR count). The molecule has 15 heteroatoms. The van der Waals surface area contributed by atoms with Crippen molar-refractivity contribution in [2.24, 2.45) is 0 Å². The van der Waals surface area contributed by atoms with Crippen molar-refractivity contribution in [1.29, 1.82) is 0 Å². The van der Waals surface area contributed by atoms with Gasteiger partial charge in [-0.05, 0) is 54.7 Å². The van der Waals surface area contributed by atoms with Gasteiger partial charge in [0.1, 0.15) is 30.5 Å². The molecule has 1 N–H and O–H groups in total. The Balaban J connectivity index is 2.19. The van der Waals surface area contributed by atoms with Crippen LogP contribution in [-0.4, -0.2) is 90.5 Å². The van der Waals surface area contributed by atoms with Gasteiger partial charge in [-0.25, -0.2) is 0 Å². The molecule has 0 aromatic carbocycles. The van der Waals surface area contributed by atoms with E-state index in [0.717, 1.165) is 0 Å². The standard InChI is InChI=1S/C25H52O11P2Si2/c1-16-20(35-39(10,11)24(3,4)5)22(33-37(27)28)19(32-16)15-30-38(9,29)34-23-18(14-26)31-17(2)21(23)36-40(12,13)25(6,7)8/h16-23,26H,14-15H2,1-13H3/t16-,17-,18+,19+,20+,21+,22?,23?,38?/m0/s1. The molecule has 0 spiro atoms. The quantitative estimate of drug-likeness (QED) is 0.227. The van der Waals surface area contributed by atoms with Crippen LogP contribution in [-0.2, 0) is 41.0 Å². The highest BCUT2D eigenvalue weighted by Crippen LogP contribution is 2.50. The summed E-state index contributed by atoms with van der Waals surface area (Å²) in [6.07, 6.45) is -5.48. The topological polar surface area (TPSA) is 142 Å². The summed E-state index contributed by atoms with van der Waals surface area (Å²) < 4.78 is 67.2. The second-order valence-corrected chi connectivity index (χ2v) is 26.2. The zero-order valence-electron chi connectivity index (χ0n) is 26.5. The van der Waals surface area contributed by atoms with Crippen LogP contribution in [0.25, 0.3) is 0 Å². The predicted octanol–water partition coefficient (Wildman–Crippen LogP) is 4.96. The highest BCUT2D eigenvalue weighted by Gasteiger charge is 2.53. The SMILES string of the molecule is C[C@@H]1O[C@H](COP(C)(=O)OC2[C@@H](CO)O[C@@H](C)[C@H]2O[Si](C)(C)C(C)(C)C)C(O[P+](=O)[O-])[C@@H]1O[Si](C)(C)C(C)(C)C. The number of hydrogen-bond acceptors (Lipinski definition) is 11. The van der Waals surface area contributed by atoms with Gasteiger partial charge < -0.3 is 32.8 Å². The molecule has 4 unspecified atom stereocenters. The number of ether oxygens (including phenoxy) is 2. The lowest BCUT2D eigenvalue weighted by molar-refractivity contribution is -0.193. The van der Waals surface area contributed by atoms with E-state index in [9.17, 15) is 19.1 Å². The molecule has 2 heterocycles. The van der Waals surface area contributed by atoms with Gasteiger partial charge in [0, 0.05) is 6.66 Å². The van der Waals surface area contributed by atoms with Crippen LogP contribution in [0.15, 0.2) is 0 Å². The van der Waals surface area contributed by atoms with Crippen LogP contribution >= 0.6 is 15.9 Å². The fourth-order valence-electron chi connectivity index (χ4n) is 4.27. The normalized spacial score (nSPS) is 34.2. The van der Waals surface area contributed by atoms with Gasteiger partial charge in [-0.1, -0.05) is 41.5 Å². The molecule has 2 fully saturated rings. The molecule has 2 saturated heterocycles. The zero-order chi connectivity index (χ0) is 31.1. The maximum atomic E-state index is 13.6. The first-order valence-electron chi connectivity index (χ1n) is 13.9. The predicted molar refractivity (Wildman–Crippen MR) is 157 cm³/mol. The summed E-state index contributed by atoms with van der Waals surface area (Å²) in [5.74, 6) is 0. The molecular formula is C25H52O11P2Si2. The fourth-order valence-corrected chi connectivity index (χ4v) is 8.63. The summed E-state index contributed by atoms with van der Waals surface area (Å²) in [6.45, 7) is 25.3. The van der Waals surface area contributed by atoms with E-state index in [1.807, 2.05) is 6.92 Å². The molecular weight excluding hydrogens is 594 g/mol. The van der Waals surface area contributed by atoms with E-state index in [0.29, 0.717) is 0 Å². The van der Waals surface area contributed by atoms with Gasteiger partial charge in [-0.15, -0.1) is 4.52 Å². The summed E-state index contributed by atoms with van der Waals surface area (Å²) in [4.78, 5) is 11.6. The van der Waals surface area contributed by atoms with Crippen molar-refractivity contribution in [3.63, 3.8) is 0 Å². The second kappa shape index (κ2) is 13.2. The average Bonchev–Trinajstić information content (AvgIpc) is 3.20. The maximum Gasteiger partial charge on any atom is 0.488 e. The van der Waals surface area contributed by atoms with Crippen molar-refractivity contribution < 1.29 is 51.0 Å². The summed E-state index contributed by atoms with van der Waals surface area (Å²) in [5.41, 5.74) is 0. The molecule has 0 aromatic heterocycles. The highest BCUT2D eigenvalue weighted by molar-refractivity contribution is 7.53. The summed E-state index contributed by atoms with van der Waals surface area (Å²) in [6, 6.07) is 0. The third-order valence-electron chi connectivity index (χ3n) is 8.73. The molecule has 0 radical (unpaired) electrons. The van der Waals surface area contributed by atoms with Crippen LogP contribution < -0.4 is 4.89 Å². The summed E-state index contributed by atoms with van der Waals surface area (Å²) in [7, 11) is -11.5. The lowest BCUT2D eigenvalue weighted by Crippen LogP contribution is -2.50. The van der Waals surface area contributed by atoms with Crippen molar-refractivity contribution >= 4 is 32.5 Å². The van der Waals surface area contributed by atoms with Crippen LogP contribution in [0, 0.1) is 0 Å². The second-order valence-electron chi connectivity index (χ2n) is 14.1. The molecule has 0 aliphatic carbocycles. The van der Waals surface area contributed by atoms with E-state index < -0.39 is 81.3 Å². The summed E-state index contributed by atoms with van der Waals surface area (Å²) >= 11 is 0. The maximum absolute atomic E-state index is 13.6. The Morgan fingerprint density at radius 1 is 0.850 bits per heavy atom. The van der Waals surface area contributed by atoms with Crippen molar-refractivity contribution in [3.8, 4) is 0 Å². The van der Waals surface area contributed by atoms with Crippen molar-refractivity contribution in [2.45, 2.75) is 140 Å². The summed E-state index contributed by atoms with van der Waals surface area (Å²) in [5, 5.41) is 9.77. The van der Waals surface area contributed by atoms with Crippen molar-refractivity contribution in [3.05, 3.63) is 0 Å². The Kier molecular flexibility index (Phi) is 12.1. The highest BCUT2D eigenvalue weighted by atomic mass is 31.2. The molecule has 40 heavy (non-hydrogen) atoms. The fraction of sp³-hybridized carbons (Fsp3) is 1.00. The lowest BCUT2D eigenvalue weighted by atomic mass is 10.1. The number of rotatable bonds is 12. The van der Waals surface area contributed by atoms with E-state index in [1.165, 1.54) is 6.66 Å². The minimum atomic E-state index is -3.76. The Labute approximate surface area is 243 Å². The Bertz CT molecular complexity index is 921. The first-order chi connectivity index (χ1) is 17.9. The Morgan fingerprint density at radius 2 is 1.27 bits per heavy atom. The number of aliphatic hydroxyl groups excluding tert-OH is 1. The third kappa shape index (κ3) is 8.97. The minimum Gasteiger partial charge on any atom is -0.566 e. The molecule has 0 bridgehead atoms. The van der Waals surface area contributed by atoms with Crippen molar-refractivity contribution in [1.82, 2.24) is 0 Å². The molecule has 236 valence electrons. The van der Waals surface area contributed by atoms with Gasteiger partial charge in [-0.3, -0.25) is 9.09 Å². The van der Waals surface area contributed by atoms with Crippen LogP contribution in [0.2, 0.25) is 36.3 Å². The molecule has 2 aliphatic rings. The molecule has 2 aliphatic heterocycles. The third-order valence-corrected chi connectivity index (χ3v) is 19.3. The van der Waals surface area contributed by atoms with Crippen LogP contribution in [0.1, 0.15) is 55.4 Å². The molecule has 10 atom stereocenters. The van der Waals surface area contributed by atoms with E-state index >= 15 is 0 Å². The first kappa shape index (κ1) is 36.6. The van der Waals surface area contributed by atoms with E-state index in [1.54, 1.807) is 6.92 Å². The van der Waals surface area contributed by atoms with E-state index in [2.05, 4.69) is 67.7 Å². The van der Waals surface area contributed by atoms with Gasteiger partial charge >= 0.3 is 15.9 Å². The van der Waals surface area contributed by atoms with E-state index in [4.69, 9.17) is 31.9 Å². The molecule has 0 saturated carbocycles. The number of hydrogen-bond donors (Lipinski definition) is 1. The molecule has 11 nitrogen and oxygen atoms in total.